The molecule has 0 fully saturated rings. The molecule has 0 spiro atoms. The van der Waals surface area contributed by atoms with Gasteiger partial charge in [-0.05, 0) is 48.1 Å². The van der Waals surface area contributed by atoms with E-state index < -0.39 is 0 Å². The lowest BCUT2D eigenvalue weighted by atomic mass is 10.1. The zero-order chi connectivity index (χ0) is 17.8. The fourth-order valence-corrected chi connectivity index (χ4v) is 2.80. The Morgan fingerprint density at radius 3 is 2.68 bits per heavy atom. The second-order valence-corrected chi connectivity index (χ2v) is 6.07. The minimum atomic E-state index is -0.324. The highest BCUT2D eigenvalue weighted by Crippen LogP contribution is 2.15. The van der Waals surface area contributed by atoms with E-state index in [1.54, 1.807) is 12.1 Å². The van der Waals surface area contributed by atoms with Gasteiger partial charge >= 0.3 is 0 Å². The van der Waals surface area contributed by atoms with Crippen LogP contribution in [0.3, 0.4) is 0 Å². The molecule has 128 valence electrons. The van der Waals surface area contributed by atoms with E-state index in [1.807, 2.05) is 31.2 Å². The predicted molar refractivity (Wildman–Crippen MR) is 96.1 cm³/mol. The quantitative estimate of drug-likeness (QED) is 0.751. The number of aryl methyl sites for hydroxylation is 1. The van der Waals surface area contributed by atoms with Crippen LogP contribution in [-0.2, 0) is 17.6 Å². The Labute approximate surface area is 144 Å². The number of hydrogen-bond donors (Lipinski definition) is 2. The molecular weight excluding hydrogens is 319 g/mol. The van der Waals surface area contributed by atoms with E-state index >= 15 is 0 Å². The molecule has 2 aromatic carbocycles. The third-order valence-electron chi connectivity index (χ3n) is 4.16. The standard InChI is InChI=1S/C20H19FN2O2/c1-13-3-2-4-15-12-16(20(25)23-19(13)15)9-10-22-18(24)11-14-5-7-17(21)8-6-14/h2-8,12H,9-11H2,1H3,(H,22,24)(H,23,25). The number of aromatic nitrogens is 1. The third-order valence-corrected chi connectivity index (χ3v) is 4.16. The zero-order valence-electron chi connectivity index (χ0n) is 13.9. The van der Waals surface area contributed by atoms with Crippen molar-refractivity contribution in [2.75, 3.05) is 6.54 Å². The van der Waals surface area contributed by atoms with Crippen molar-refractivity contribution in [1.82, 2.24) is 10.3 Å². The molecule has 0 atom stereocenters. The average molecular weight is 338 g/mol. The highest BCUT2D eigenvalue weighted by atomic mass is 19.1. The first-order chi connectivity index (χ1) is 12.0. The molecular formula is C20H19FN2O2. The van der Waals surface area contributed by atoms with Gasteiger partial charge in [0.15, 0.2) is 0 Å². The topological polar surface area (TPSA) is 62.0 Å². The van der Waals surface area contributed by atoms with Crippen molar-refractivity contribution in [3.05, 3.63) is 81.4 Å². The molecule has 0 aliphatic carbocycles. The number of hydrogen-bond acceptors (Lipinski definition) is 2. The third kappa shape index (κ3) is 4.12. The zero-order valence-corrected chi connectivity index (χ0v) is 13.9. The van der Waals surface area contributed by atoms with Crippen LogP contribution in [0.1, 0.15) is 16.7 Å². The van der Waals surface area contributed by atoms with Crippen LogP contribution in [0.15, 0.2) is 53.3 Å². The van der Waals surface area contributed by atoms with Gasteiger partial charge in [0.25, 0.3) is 5.56 Å². The number of rotatable bonds is 5. The Morgan fingerprint density at radius 2 is 1.92 bits per heavy atom. The first-order valence-corrected chi connectivity index (χ1v) is 8.15. The van der Waals surface area contributed by atoms with E-state index in [9.17, 15) is 14.0 Å². The van der Waals surface area contributed by atoms with Crippen LogP contribution in [0.4, 0.5) is 4.39 Å². The monoisotopic (exact) mass is 338 g/mol. The van der Waals surface area contributed by atoms with Crippen molar-refractivity contribution < 1.29 is 9.18 Å². The van der Waals surface area contributed by atoms with Crippen molar-refractivity contribution in [1.29, 1.82) is 0 Å². The highest BCUT2D eigenvalue weighted by molar-refractivity contribution is 5.82. The van der Waals surface area contributed by atoms with Gasteiger partial charge in [0.1, 0.15) is 5.82 Å². The van der Waals surface area contributed by atoms with Crippen LogP contribution in [0.2, 0.25) is 0 Å². The number of nitrogens with one attached hydrogen (secondary N) is 2. The Hall–Kier alpha value is -2.95. The Bertz CT molecular complexity index is 962. The van der Waals surface area contributed by atoms with E-state index in [4.69, 9.17) is 0 Å². The fourth-order valence-electron chi connectivity index (χ4n) is 2.80. The van der Waals surface area contributed by atoms with Crippen molar-refractivity contribution in [2.45, 2.75) is 19.8 Å². The molecule has 0 saturated carbocycles. The average Bonchev–Trinajstić information content (AvgIpc) is 2.58. The van der Waals surface area contributed by atoms with Gasteiger partial charge in [0.2, 0.25) is 5.91 Å². The number of carbonyl (C=O) groups excluding carboxylic acids is 1. The lowest BCUT2D eigenvalue weighted by molar-refractivity contribution is -0.120. The number of benzene rings is 2. The first-order valence-electron chi connectivity index (χ1n) is 8.15. The van der Waals surface area contributed by atoms with Crippen molar-refractivity contribution in [3.8, 4) is 0 Å². The van der Waals surface area contributed by atoms with Gasteiger partial charge in [-0.15, -0.1) is 0 Å². The summed E-state index contributed by atoms with van der Waals surface area (Å²) in [5, 5.41) is 3.77. The van der Waals surface area contributed by atoms with Crippen LogP contribution in [0.5, 0.6) is 0 Å². The number of aromatic amines is 1. The number of para-hydroxylation sites is 1. The minimum Gasteiger partial charge on any atom is -0.355 e. The maximum Gasteiger partial charge on any atom is 0.251 e. The van der Waals surface area contributed by atoms with Gasteiger partial charge in [0, 0.05) is 12.1 Å². The van der Waals surface area contributed by atoms with Gasteiger partial charge in [0.05, 0.1) is 11.9 Å². The summed E-state index contributed by atoms with van der Waals surface area (Å²) in [4.78, 5) is 27.0. The summed E-state index contributed by atoms with van der Waals surface area (Å²) in [5.41, 5.74) is 3.12. The molecule has 3 aromatic rings. The maximum atomic E-state index is 12.9. The largest absolute Gasteiger partial charge is 0.355 e. The number of fused-ring (bicyclic) bond motifs is 1. The normalized spacial score (nSPS) is 10.8. The number of amides is 1. The van der Waals surface area contributed by atoms with Gasteiger partial charge in [-0.2, -0.15) is 0 Å². The second kappa shape index (κ2) is 7.30. The van der Waals surface area contributed by atoms with Crippen LogP contribution < -0.4 is 10.9 Å². The number of halogens is 1. The SMILES string of the molecule is Cc1cccc2cc(CCNC(=O)Cc3ccc(F)cc3)c(=O)[nH]c12. The molecule has 2 N–H and O–H groups in total. The van der Waals surface area contributed by atoms with Gasteiger partial charge < -0.3 is 10.3 Å². The number of carbonyl (C=O) groups is 1. The van der Waals surface area contributed by atoms with E-state index in [-0.39, 0.29) is 23.7 Å². The molecule has 0 bridgehead atoms. The summed E-state index contributed by atoms with van der Waals surface area (Å²) in [7, 11) is 0. The molecule has 4 nitrogen and oxygen atoms in total. The summed E-state index contributed by atoms with van der Waals surface area (Å²) < 4.78 is 12.9. The minimum absolute atomic E-state index is 0.130. The second-order valence-electron chi connectivity index (χ2n) is 6.07. The van der Waals surface area contributed by atoms with E-state index in [1.165, 1.54) is 12.1 Å². The summed E-state index contributed by atoms with van der Waals surface area (Å²) in [6.07, 6.45) is 0.641. The Kier molecular flexibility index (Phi) is 4.93. The number of H-pyrrole nitrogens is 1. The Balaban J connectivity index is 1.61. The summed E-state index contributed by atoms with van der Waals surface area (Å²) in [6, 6.07) is 13.6. The number of pyridine rings is 1. The molecule has 0 aliphatic rings. The first kappa shape index (κ1) is 16.9. The summed E-state index contributed by atoms with van der Waals surface area (Å²) in [6.45, 7) is 2.33. The van der Waals surface area contributed by atoms with E-state index in [0.717, 1.165) is 22.0 Å². The molecule has 1 amide bonds. The molecule has 1 heterocycles. The van der Waals surface area contributed by atoms with Crippen LogP contribution in [-0.4, -0.2) is 17.4 Å². The smallest absolute Gasteiger partial charge is 0.251 e. The van der Waals surface area contributed by atoms with Crippen LogP contribution >= 0.6 is 0 Å². The van der Waals surface area contributed by atoms with Crippen molar-refractivity contribution in [3.63, 3.8) is 0 Å². The molecule has 5 heteroatoms. The molecule has 0 radical (unpaired) electrons. The Morgan fingerprint density at radius 1 is 1.16 bits per heavy atom. The molecule has 25 heavy (non-hydrogen) atoms. The molecule has 0 unspecified atom stereocenters. The lowest BCUT2D eigenvalue weighted by Crippen LogP contribution is -2.28. The fraction of sp³-hybridized carbons (Fsp3) is 0.200. The van der Waals surface area contributed by atoms with Gasteiger partial charge in [-0.1, -0.05) is 30.3 Å². The molecule has 0 aliphatic heterocycles. The highest BCUT2D eigenvalue weighted by Gasteiger charge is 2.07. The van der Waals surface area contributed by atoms with Crippen LogP contribution in [0.25, 0.3) is 10.9 Å². The van der Waals surface area contributed by atoms with Crippen LogP contribution in [0, 0.1) is 12.7 Å². The summed E-state index contributed by atoms with van der Waals surface area (Å²) in [5.74, 6) is -0.477. The predicted octanol–water partition coefficient (Wildman–Crippen LogP) is 2.88. The van der Waals surface area contributed by atoms with Crippen molar-refractivity contribution in [2.24, 2.45) is 0 Å². The van der Waals surface area contributed by atoms with Gasteiger partial charge in [-0.3, -0.25) is 9.59 Å². The summed E-state index contributed by atoms with van der Waals surface area (Å²) >= 11 is 0. The molecule has 0 saturated heterocycles. The van der Waals surface area contributed by atoms with E-state index in [0.29, 0.717) is 18.5 Å². The van der Waals surface area contributed by atoms with E-state index in [2.05, 4.69) is 10.3 Å². The lowest BCUT2D eigenvalue weighted by Gasteiger charge is -2.07. The molecule has 1 aromatic heterocycles. The maximum absolute atomic E-state index is 12.9. The van der Waals surface area contributed by atoms with Crippen molar-refractivity contribution >= 4 is 16.8 Å². The molecule has 3 rings (SSSR count). The van der Waals surface area contributed by atoms with Gasteiger partial charge in [-0.25, -0.2) is 4.39 Å².